The van der Waals surface area contributed by atoms with Crippen molar-refractivity contribution in [3.8, 4) is 0 Å². The van der Waals surface area contributed by atoms with E-state index in [1.54, 1.807) is 6.07 Å². The summed E-state index contributed by atoms with van der Waals surface area (Å²) in [5.74, 6) is -1.22. The minimum atomic E-state index is -0.691. The molecule has 0 aliphatic carbocycles. The smallest absolute Gasteiger partial charge is 0.340 e. The predicted molar refractivity (Wildman–Crippen MR) is 97.9 cm³/mol. The number of carbonyl (C=O) groups is 1. The van der Waals surface area contributed by atoms with E-state index in [-0.39, 0.29) is 16.5 Å². The number of thiophene rings is 1. The SMILES string of the molecule is CCc1cc(C(=O)OC)c(NC(=S)Nc2cc([N+](=O)[O-])ccc2F)s1. The van der Waals surface area contributed by atoms with Gasteiger partial charge in [0.05, 0.1) is 23.3 Å². The minimum Gasteiger partial charge on any atom is -0.465 e. The van der Waals surface area contributed by atoms with Gasteiger partial charge in [-0.15, -0.1) is 11.3 Å². The van der Waals surface area contributed by atoms with Gasteiger partial charge in [0.15, 0.2) is 5.11 Å². The number of nitrogens with zero attached hydrogens (tertiary/aromatic N) is 1. The van der Waals surface area contributed by atoms with Crippen LogP contribution >= 0.6 is 23.6 Å². The molecule has 0 fully saturated rings. The van der Waals surface area contributed by atoms with Crippen LogP contribution in [0.2, 0.25) is 0 Å². The van der Waals surface area contributed by atoms with Crippen LogP contribution in [0.1, 0.15) is 22.2 Å². The number of hydrogen-bond acceptors (Lipinski definition) is 6. The highest BCUT2D eigenvalue weighted by Gasteiger charge is 2.18. The molecule has 0 atom stereocenters. The Hall–Kier alpha value is -2.59. The molecule has 2 N–H and O–H groups in total. The lowest BCUT2D eigenvalue weighted by Gasteiger charge is -2.11. The molecule has 0 radical (unpaired) electrons. The maximum Gasteiger partial charge on any atom is 0.340 e. The van der Waals surface area contributed by atoms with E-state index in [1.165, 1.54) is 18.4 Å². The Kier molecular flexibility index (Phi) is 5.99. The molecule has 0 saturated heterocycles. The van der Waals surface area contributed by atoms with Crippen molar-refractivity contribution in [3.63, 3.8) is 0 Å². The Morgan fingerprint density at radius 2 is 2.12 bits per heavy atom. The van der Waals surface area contributed by atoms with Gasteiger partial charge in [-0.2, -0.15) is 0 Å². The topological polar surface area (TPSA) is 93.5 Å². The molecule has 10 heteroatoms. The summed E-state index contributed by atoms with van der Waals surface area (Å²) in [6.45, 7) is 1.94. The quantitative estimate of drug-likeness (QED) is 0.349. The predicted octanol–water partition coefficient (Wildman–Crippen LogP) is 3.95. The average molecular weight is 383 g/mol. The molecule has 0 amide bonds. The number of thiocarbonyl (C=S) groups is 1. The molecule has 1 aromatic carbocycles. The van der Waals surface area contributed by atoms with Crippen molar-refractivity contribution < 1.29 is 18.8 Å². The highest BCUT2D eigenvalue weighted by atomic mass is 32.1. The van der Waals surface area contributed by atoms with Gasteiger partial charge in [-0.1, -0.05) is 6.92 Å². The number of aryl methyl sites for hydroxylation is 1. The number of hydrogen-bond donors (Lipinski definition) is 2. The van der Waals surface area contributed by atoms with E-state index in [1.807, 2.05) is 6.92 Å². The van der Waals surface area contributed by atoms with Gasteiger partial charge in [-0.05, 0) is 30.8 Å². The van der Waals surface area contributed by atoms with Crippen LogP contribution < -0.4 is 10.6 Å². The molecule has 1 heterocycles. The maximum atomic E-state index is 13.8. The highest BCUT2D eigenvalue weighted by Crippen LogP contribution is 2.29. The lowest BCUT2D eigenvalue weighted by Crippen LogP contribution is -2.20. The molecule has 0 aliphatic heterocycles. The second-order valence-corrected chi connectivity index (χ2v) is 6.35. The van der Waals surface area contributed by atoms with Crippen LogP contribution in [0, 0.1) is 15.9 Å². The normalized spacial score (nSPS) is 10.2. The zero-order valence-corrected chi connectivity index (χ0v) is 14.9. The van der Waals surface area contributed by atoms with E-state index in [2.05, 4.69) is 10.6 Å². The first-order chi connectivity index (χ1) is 11.8. The summed E-state index contributed by atoms with van der Waals surface area (Å²) in [5, 5.41) is 16.6. The number of ether oxygens (including phenoxy) is 1. The fourth-order valence-corrected chi connectivity index (χ4v) is 3.22. The summed E-state index contributed by atoms with van der Waals surface area (Å²) in [6, 6.07) is 4.76. The Balaban J connectivity index is 2.21. The van der Waals surface area contributed by atoms with Gasteiger partial charge in [0.2, 0.25) is 0 Å². The Morgan fingerprint density at radius 1 is 1.40 bits per heavy atom. The Labute approximate surface area is 152 Å². The lowest BCUT2D eigenvalue weighted by atomic mass is 10.2. The van der Waals surface area contributed by atoms with Crippen LogP contribution in [0.25, 0.3) is 0 Å². The van der Waals surface area contributed by atoms with E-state index >= 15 is 0 Å². The molecule has 0 bridgehead atoms. The summed E-state index contributed by atoms with van der Waals surface area (Å²) in [5.41, 5.74) is -0.0991. The number of nitrogens with one attached hydrogen (secondary N) is 2. The number of methoxy groups -OCH3 is 1. The van der Waals surface area contributed by atoms with Gasteiger partial charge >= 0.3 is 5.97 Å². The van der Waals surface area contributed by atoms with Crippen molar-refractivity contribution in [2.24, 2.45) is 0 Å². The number of nitro groups is 1. The molecule has 2 rings (SSSR count). The van der Waals surface area contributed by atoms with Gasteiger partial charge in [0, 0.05) is 17.0 Å². The molecule has 1 aromatic heterocycles. The first kappa shape index (κ1) is 18.7. The van der Waals surface area contributed by atoms with Gasteiger partial charge in [-0.3, -0.25) is 10.1 Å². The number of benzene rings is 1. The molecule has 2 aromatic rings. The fourth-order valence-electron chi connectivity index (χ4n) is 1.95. The van der Waals surface area contributed by atoms with Crippen molar-refractivity contribution in [2.45, 2.75) is 13.3 Å². The third-order valence-corrected chi connectivity index (χ3v) is 4.57. The van der Waals surface area contributed by atoms with E-state index < -0.39 is 16.7 Å². The first-order valence-corrected chi connectivity index (χ1v) is 8.31. The van der Waals surface area contributed by atoms with Crippen LogP contribution in [-0.4, -0.2) is 23.1 Å². The second-order valence-electron chi connectivity index (χ2n) is 4.80. The fraction of sp³-hybridized carbons (Fsp3) is 0.200. The number of non-ortho nitro benzene ring substituents is 1. The van der Waals surface area contributed by atoms with E-state index in [0.717, 1.165) is 29.5 Å². The van der Waals surface area contributed by atoms with E-state index in [9.17, 15) is 19.3 Å². The van der Waals surface area contributed by atoms with Crippen molar-refractivity contribution in [2.75, 3.05) is 17.7 Å². The number of halogens is 1. The summed E-state index contributed by atoms with van der Waals surface area (Å²) >= 11 is 6.42. The second kappa shape index (κ2) is 7.99. The van der Waals surface area contributed by atoms with Gasteiger partial charge in [0.25, 0.3) is 5.69 Å². The molecule has 0 aliphatic rings. The Morgan fingerprint density at radius 3 is 2.72 bits per heavy atom. The zero-order chi connectivity index (χ0) is 18.6. The molecule has 0 unspecified atom stereocenters. The van der Waals surface area contributed by atoms with Crippen molar-refractivity contribution in [1.82, 2.24) is 0 Å². The monoisotopic (exact) mass is 383 g/mol. The van der Waals surface area contributed by atoms with Gasteiger partial charge in [0.1, 0.15) is 10.8 Å². The molecule has 7 nitrogen and oxygen atoms in total. The molecular formula is C15H14FN3O4S2. The molecule has 132 valence electrons. The lowest BCUT2D eigenvalue weighted by molar-refractivity contribution is -0.384. The summed E-state index contributed by atoms with van der Waals surface area (Å²) in [4.78, 5) is 22.9. The van der Waals surface area contributed by atoms with Gasteiger partial charge in [-0.25, -0.2) is 9.18 Å². The van der Waals surface area contributed by atoms with Crippen LogP contribution in [0.15, 0.2) is 24.3 Å². The number of esters is 1. The van der Waals surface area contributed by atoms with E-state index in [4.69, 9.17) is 17.0 Å². The van der Waals surface area contributed by atoms with Crippen LogP contribution in [0.3, 0.4) is 0 Å². The standard InChI is InChI=1S/C15H14FN3O4S2/c1-3-9-7-10(14(20)23-2)13(25-9)18-15(24)17-12-6-8(19(21)22)4-5-11(12)16/h4-7H,3H2,1-2H3,(H2,17,18,24). The highest BCUT2D eigenvalue weighted by molar-refractivity contribution is 7.80. The van der Waals surface area contributed by atoms with Gasteiger partial charge < -0.3 is 15.4 Å². The number of nitro benzene ring substituents is 1. The zero-order valence-electron chi connectivity index (χ0n) is 13.3. The minimum absolute atomic E-state index is 0.00551. The summed E-state index contributed by atoms with van der Waals surface area (Å²) < 4.78 is 18.5. The van der Waals surface area contributed by atoms with E-state index in [0.29, 0.717) is 10.6 Å². The maximum absolute atomic E-state index is 13.8. The third kappa shape index (κ3) is 4.48. The van der Waals surface area contributed by atoms with Crippen molar-refractivity contribution in [3.05, 3.63) is 50.6 Å². The molecule has 0 spiro atoms. The van der Waals surface area contributed by atoms with Crippen LogP contribution in [0.4, 0.5) is 20.8 Å². The Bertz CT molecular complexity index is 838. The largest absolute Gasteiger partial charge is 0.465 e. The molecular weight excluding hydrogens is 369 g/mol. The third-order valence-electron chi connectivity index (χ3n) is 3.17. The molecule has 0 saturated carbocycles. The van der Waals surface area contributed by atoms with Crippen molar-refractivity contribution >= 4 is 51.0 Å². The van der Waals surface area contributed by atoms with Crippen LogP contribution in [-0.2, 0) is 11.2 Å². The number of rotatable bonds is 5. The number of carbonyl (C=O) groups excluding carboxylic acids is 1. The molecule has 25 heavy (non-hydrogen) atoms. The first-order valence-electron chi connectivity index (χ1n) is 7.08. The average Bonchev–Trinajstić information content (AvgIpc) is 2.98. The van der Waals surface area contributed by atoms with Crippen LogP contribution in [0.5, 0.6) is 0 Å². The van der Waals surface area contributed by atoms with Crippen molar-refractivity contribution in [1.29, 1.82) is 0 Å². The summed E-state index contributed by atoms with van der Waals surface area (Å²) in [7, 11) is 1.27. The number of anilines is 2. The summed E-state index contributed by atoms with van der Waals surface area (Å²) in [6.07, 6.45) is 0.718.